The van der Waals surface area contributed by atoms with Crippen molar-refractivity contribution in [1.29, 1.82) is 0 Å². The molecule has 2 nitrogen and oxygen atoms in total. The number of nitrogens with one attached hydrogen (secondary N) is 1. The van der Waals surface area contributed by atoms with Crippen molar-refractivity contribution in [2.24, 2.45) is 0 Å². The molecule has 0 saturated carbocycles. The van der Waals surface area contributed by atoms with Crippen LogP contribution in [0, 0.1) is 0 Å². The molecular weight excluding hydrogens is 231 g/mol. The fourth-order valence-electron chi connectivity index (χ4n) is 2.17. The molecule has 17 heavy (non-hydrogen) atoms. The maximum atomic E-state index is 12.3. The molecule has 0 unspecified atom stereocenters. The zero-order valence-electron chi connectivity index (χ0n) is 9.26. The molecule has 1 aliphatic rings. The number of benzene rings is 1. The maximum Gasteiger partial charge on any atom is 0.573 e. The second-order valence-corrected chi connectivity index (χ2v) is 4.11. The normalized spacial score (nSPS) is 18.1. The van der Waals surface area contributed by atoms with E-state index in [0.29, 0.717) is 5.56 Å². The Balaban J connectivity index is 2.20. The van der Waals surface area contributed by atoms with Crippen molar-refractivity contribution in [3.05, 3.63) is 29.8 Å². The number of rotatable bonds is 2. The lowest BCUT2D eigenvalue weighted by molar-refractivity contribution is -0.275. The molecule has 1 aromatic carbocycles. The van der Waals surface area contributed by atoms with Crippen LogP contribution in [0.5, 0.6) is 5.75 Å². The second kappa shape index (κ2) is 4.96. The first-order valence-electron chi connectivity index (χ1n) is 5.61. The van der Waals surface area contributed by atoms with Gasteiger partial charge in [-0.15, -0.1) is 13.2 Å². The first-order chi connectivity index (χ1) is 8.06. The van der Waals surface area contributed by atoms with Crippen LogP contribution in [0.25, 0.3) is 0 Å². The number of alkyl halides is 3. The predicted molar refractivity (Wildman–Crippen MR) is 58.0 cm³/mol. The Bertz CT molecular complexity index is 372. The average Bonchev–Trinajstić information content (AvgIpc) is 2.29. The van der Waals surface area contributed by atoms with E-state index in [1.165, 1.54) is 6.07 Å². The minimum atomic E-state index is -4.62. The van der Waals surface area contributed by atoms with Gasteiger partial charge in [0.15, 0.2) is 0 Å². The van der Waals surface area contributed by atoms with Crippen molar-refractivity contribution in [3.8, 4) is 5.75 Å². The Morgan fingerprint density at radius 3 is 2.41 bits per heavy atom. The van der Waals surface area contributed by atoms with Gasteiger partial charge in [-0.2, -0.15) is 0 Å². The van der Waals surface area contributed by atoms with Crippen molar-refractivity contribution < 1.29 is 17.9 Å². The lowest BCUT2D eigenvalue weighted by Gasteiger charge is -2.25. The molecule has 0 atom stereocenters. The minimum Gasteiger partial charge on any atom is -0.405 e. The number of piperidine rings is 1. The van der Waals surface area contributed by atoms with Crippen molar-refractivity contribution in [2.75, 3.05) is 13.1 Å². The molecule has 1 saturated heterocycles. The van der Waals surface area contributed by atoms with E-state index in [0.717, 1.165) is 25.9 Å². The first-order valence-corrected chi connectivity index (χ1v) is 5.61. The smallest absolute Gasteiger partial charge is 0.405 e. The highest BCUT2D eigenvalue weighted by atomic mass is 19.4. The summed E-state index contributed by atoms with van der Waals surface area (Å²) in [7, 11) is 0. The van der Waals surface area contributed by atoms with Gasteiger partial charge in [0.1, 0.15) is 5.75 Å². The van der Waals surface area contributed by atoms with E-state index in [2.05, 4.69) is 10.1 Å². The summed E-state index contributed by atoms with van der Waals surface area (Å²) >= 11 is 0. The van der Waals surface area contributed by atoms with Crippen LogP contribution in [-0.2, 0) is 0 Å². The molecule has 94 valence electrons. The Hall–Kier alpha value is -1.23. The molecule has 1 aromatic rings. The van der Waals surface area contributed by atoms with Crippen molar-refractivity contribution in [1.82, 2.24) is 5.32 Å². The standard InChI is InChI=1S/C12H14F3NO/c13-12(14,15)17-11-4-2-1-3-10(11)9-5-7-16-8-6-9/h1-4,9,16H,5-8H2. The van der Waals surface area contributed by atoms with Crippen LogP contribution in [0.2, 0.25) is 0 Å². The molecule has 0 amide bonds. The fourth-order valence-corrected chi connectivity index (χ4v) is 2.17. The molecule has 0 bridgehead atoms. The lowest BCUT2D eigenvalue weighted by Crippen LogP contribution is -2.27. The van der Waals surface area contributed by atoms with Crippen LogP contribution in [-0.4, -0.2) is 19.5 Å². The van der Waals surface area contributed by atoms with Gasteiger partial charge >= 0.3 is 6.36 Å². The Morgan fingerprint density at radius 2 is 1.76 bits per heavy atom. The first kappa shape index (κ1) is 12.2. The van der Waals surface area contributed by atoms with E-state index in [9.17, 15) is 13.2 Å². The van der Waals surface area contributed by atoms with Gasteiger partial charge in [0.2, 0.25) is 0 Å². The van der Waals surface area contributed by atoms with Crippen molar-refractivity contribution >= 4 is 0 Å². The highest BCUT2D eigenvalue weighted by Gasteiger charge is 2.33. The quantitative estimate of drug-likeness (QED) is 0.864. The largest absolute Gasteiger partial charge is 0.573 e. The molecule has 1 heterocycles. The average molecular weight is 245 g/mol. The number of hydrogen-bond donors (Lipinski definition) is 1. The van der Waals surface area contributed by atoms with Gasteiger partial charge in [-0.05, 0) is 43.5 Å². The molecule has 1 aliphatic heterocycles. The van der Waals surface area contributed by atoms with E-state index in [4.69, 9.17) is 0 Å². The third-order valence-corrected chi connectivity index (χ3v) is 2.92. The SMILES string of the molecule is FC(F)(F)Oc1ccccc1C1CCNCC1. The van der Waals surface area contributed by atoms with Gasteiger partial charge in [-0.1, -0.05) is 18.2 Å². The second-order valence-electron chi connectivity index (χ2n) is 4.11. The van der Waals surface area contributed by atoms with E-state index in [-0.39, 0.29) is 11.7 Å². The number of para-hydroxylation sites is 1. The summed E-state index contributed by atoms with van der Waals surface area (Å²) in [6, 6.07) is 6.41. The maximum absolute atomic E-state index is 12.3. The summed E-state index contributed by atoms with van der Waals surface area (Å²) in [5.74, 6) is 0.0849. The Labute approximate surface area is 97.8 Å². The lowest BCUT2D eigenvalue weighted by atomic mass is 9.90. The van der Waals surface area contributed by atoms with Gasteiger partial charge < -0.3 is 10.1 Å². The van der Waals surface area contributed by atoms with Crippen molar-refractivity contribution in [2.45, 2.75) is 25.1 Å². The molecule has 1 fully saturated rings. The van der Waals surface area contributed by atoms with E-state index >= 15 is 0 Å². The van der Waals surface area contributed by atoms with Gasteiger partial charge in [-0.25, -0.2) is 0 Å². The van der Waals surface area contributed by atoms with Crippen LogP contribution < -0.4 is 10.1 Å². The summed E-state index contributed by atoms with van der Waals surface area (Å²) in [6.07, 6.45) is -2.93. The van der Waals surface area contributed by atoms with Gasteiger partial charge in [0.25, 0.3) is 0 Å². The molecule has 1 N–H and O–H groups in total. The molecular formula is C12H14F3NO. The van der Waals surface area contributed by atoms with Crippen LogP contribution in [0.3, 0.4) is 0 Å². The van der Waals surface area contributed by atoms with Gasteiger partial charge in [-0.3, -0.25) is 0 Å². The van der Waals surface area contributed by atoms with Crippen molar-refractivity contribution in [3.63, 3.8) is 0 Å². The summed E-state index contributed by atoms with van der Waals surface area (Å²) in [4.78, 5) is 0. The molecule has 5 heteroatoms. The minimum absolute atomic E-state index is 0.0631. The number of ether oxygens (including phenoxy) is 1. The van der Waals surface area contributed by atoms with Gasteiger partial charge in [0, 0.05) is 0 Å². The zero-order valence-corrected chi connectivity index (χ0v) is 9.26. The molecule has 0 spiro atoms. The van der Waals surface area contributed by atoms with E-state index in [1.807, 2.05) is 0 Å². The molecule has 0 aromatic heterocycles. The number of hydrogen-bond acceptors (Lipinski definition) is 2. The molecule has 0 radical (unpaired) electrons. The van der Waals surface area contributed by atoms with Crippen LogP contribution in [0.1, 0.15) is 24.3 Å². The fraction of sp³-hybridized carbons (Fsp3) is 0.500. The third-order valence-electron chi connectivity index (χ3n) is 2.92. The Morgan fingerprint density at radius 1 is 1.12 bits per heavy atom. The van der Waals surface area contributed by atoms with E-state index in [1.54, 1.807) is 18.2 Å². The third kappa shape index (κ3) is 3.36. The van der Waals surface area contributed by atoms with Gasteiger partial charge in [0.05, 0.1) is 0 Å². The van der Waals surface area contributed by atoms with Crippen LogP contribution in [0.15, 0.2) is 24.3 Å². The van der Waals surface area contributed by atoms with Crippen LogP contribution >= 0.6 is 0 Å². The van der Waals surface area contributed by atoms with E-state index < -0.39 is 6.36 Å². The highest BCUT2D eigenvalue weighted by Crippen LogP contribution is 2.35. The summed E-state index contributed by atoms with van der Waals surface area (Å²) in [6.45, 7) is 1.68. The zero-order chi connectivity index (χ0) is 12.3. The highest BCUT2D eigenvalue weighted by molar-refractivity contribution is 5.36. The Kier molecular flexibility index (Phi) is 3.57. The molecule has 0 aliphatic carbocycles. The summed E-state index contributed by atoms with van der Waals surface area (Å²) < 4.78 is 40.8. The predicted octanol–water partition coefficient (Wildman–Crippen LogP) is 3.05. The summed E-state index contributed by atoms with van der Waals surface area (Å²) in [5.41, 5.74) is 0.659. The monoisotopic (exact) mass is 245 g/mol. The summed E-state index contributed by atoms with van der Waals surface area (Å²) in [5, 5.41) is 3.19. The van der Waals surface area contributed by atoms with Crippen LogP contribution in [0.4, 0.5) is 13.2 Å². The molecule has 2 rings (SSSR count). The topological polar surface area (TPSA) is 21.3 Å². The number of halogens is 3.